The Bertz CT molecular complexity index is 645. The van der Waals surface area contributed by atoms with Gasteiger partial charge in [-0.3, -0.25) is 0 Å². The molecule has 1 aromatic rings. The van der Waals surface area contributed by atoms with Gasteiger partial charge in [-0.1, -0.05) is 145 Å². The minimum absolute atomic E-state index is 0.0152. The van der Waals surface area contributed by atoms with Crippen molar-refractivity contribution in [1.82, 2.24) is 0 Å². The summed E-state index contributed by atoms with van der Waals surface area (Å²) in [6.07, 6.45) is 32.2. The molecule has 0 amide bonds. The molecule has 0 nitrogen and oxygen atoms in total. The summed E-state index contributed by atoms with van der Waals surface area (Å²) in [5, 5.41) is 5.11. The van der Waals surface area contributed by atoms with Crippen molar-refractivity contribution in [2.45, 2.75) is 166 Å². The molecule has 2 unspecified atom stereocenters. The maximum atomic E-state index is 2.66. The number of benzene rings is 1. The van der Waals surface area contributed by atoms with Gasteiger partial charge in [-0.15, -0.1) is 0 Å². The van der Waals surface area contributed by atoms with Crippen molar-refractivity contribution < 1.29 is 0 Å². The van der Waals surface area contributed by atoms with E-state index in [2.05, 4.69) is 52.0 Å². The van der Waals surface area contributed by atoms with Crippen LogP contribution in [0.5, 0.6) is 0 Å². The normalized spacial score (nSPS) is 22.9. The molecule has 0 bridgehead atoms. The molecule has 2 heteroatoms. The molecule has 206 valence electrons. The Labute approximate surface area is 229 Å². The minimum Gasteiger partial charge on any atom is -0.0683 e. The highest BCUT2D eigenvalue weighted by molar-refractivity contribution is 7.73. The fourth-order valence-corrected chi connectivity index (χ4v) is 15.6. The first-order valence-corrected chi connectivity index (χ1v) is 19.4. The van der Waals surface area contributed by atoms with Gasteiger partial charge in [0.25, 0.3) is 0 Å². The molecule has 2 atom stereocenters. The molecule has 0 radical (unpaired) electrons. The molecule has 0 spiro atoms. The molecular weight excluding hydrogens is 470 g/mol. The molecule has 0 aliphatic carbocycles. The molecule has 2 aliphatic heterocycles. The largest absolute Gasteiger partial charge is 0.0683 e. The van der Waals surface area contributed by atoms with Gasteiger partial charge in [0.05, 0.1) is 0 Å². The van der Waals surface area contributed by atoms with Crippen molar-refractivity contribution in [3.05, 3.63) is 24.3 Å². The second-order valence-corrected chi connectivity index (χ2v) is 17.7. The van der Waals surface area contributed by atoms with E-state index < -0.39 is 0 Å². The Morgan fingerprint density at radius 1 is 0.528 bits per heavy atom. The molecule has 0 aromatic heterocycles. The van der Waals surface area contributed by atoms with E-state index >= 15 is 0 Å². The maximum Gasteiger partial charge on any atom is -0.00540 e. The minimum atomic E-state index is -0.0152. The number of unbranched alkanes of at least 4 members (excludes halogenated alkanes) is 8. The molecule has 3 rings (SSSR count). The van der Waals surface area contributed by atoms with E-state index in [-0.39, 0.29) is 15.8 Å². The fourth-order valence-electron chi connectivity index (χ4n) is 7.66. The van der Waals surface area contributed by atoms with Crippen LogP contribution in [0.1, 0.15) is 156 Å². The Kier molecular flexibility index (Phi) is 13.8. The highest BCUT2D eigenvalue weighted by Gasteiger charge is 2.47. The van der Waals surface area contributed by atoms with Crippen molar-refractivity contribution in [3.8, 4) is 0 Å². The van der Waals surface area contributed by atoms with Crippen molar-refractivity contribution in [2.75, 3.05) is 12.3 Å². The lowest BCUT2D eigenvalue weighted by molar-refractivity contribution is 0.435. The lowest BCUT2D eigenvalue weighted by atomic mass is 9.90. The second kappa shape index (κ2) is 16.2. The average molecular weight is 531 g/mol. The van der Waals surface area contributed by atoms with Gasteiger partial charge < -0.3 is 0 Å². The van der Waals surface area contributed by atoms with Gasteiger partial charge in [0, 0.05) is 0 Å². The van der Waals surface area contributed by atoms with E-state index in [0.29, 0.717) is 10.3 Å². The van der Waals surface area contributed by atoms with Crippen LogP contribution in [0.15, 0.2) is 24.3 Å². The Hall–Kier alpha value is 0.0800. The number of hydrogen-bond donors (Lipinski definition) is 0. The number of rotatable bonds is 18. The summed E-state index contributed by atoms with van der Waals surface area (Å²) in [7, 11) is -0.0305. The zero-order chi connectivity index (χ0) is 25.7. The monoisotopic (exact) mass is 530 g/mol. The van der Waals surface area contributed by atoms with Gasteiger partial charge in [0.2, 0.25) is 0 Å². The van der Waals surface area contributed by atoms with Crippen LogP contribution in [0.3, 0.4) is 0 Å². The van der Waals surface area contributed by atoms with Gasteiger partial charge in [-0.05, 0) is 84.6 Å². The van der Waals surface area contributed by atoms with Crippen LogP contribution in [0.25, 0.3) is 0 Å². The average Bonchev–Trinajstić information content (AvgIpc) is 3.50. The van der Waals surface area contributed by atoms with Crippen LogP contribution in [0.2, 0.25) is 0 Å². The third-order valence-corrected chi connectivity index (χ3v) is 16.9. The van der Waals surface area contributed by atoms with Crippen molar-refractivity contribution in [2.24, 2.45) is 0 Å². The topological polar surface area (TPSA) is 0 Å². The van der Waals surface area contributed by atoms with Gasteiger partial charge in [0.1, 0.15) is 0 Å². The van der Waals surface area contributed by atoms with Gasteiger partial charge in [-0.25, -0.2) is 0 Å². The standard InChI is InChI=1S/C34H60P2/c1-5-9-15-23-33(24-16-10-6-2)27-19-29-35(33)31-21-13-14-22-32(31)36-30-20-28-34(36,25-17-11-7-3)26-18-12-8-4/h13-14,21-22H,5-12,15-20,23-30H2,1-4H3. The molecular formula is C34H60P2. The van der Waals surface area contributed by atoms with Crippen LogP contribution in [-0.2, 0) is 0 Å². The molecule has 2 heterocycles. The summed E-state index contributed by atoms with van der Waals surface area (Å²) in [4.78, 5) is 0. The third kappa shape index (κ3) is 7.81. The molecule has 2 saturated heterocycles. The fraction of sp³-hybridized carbons (Fsp3) is 0.824. The highest BCUT2D eigenvalue weighted by Crippen LogP contribution is 2.66. The van der Waals surface area contributed by atoms with Crippen LogP contribution in [0.4, 0.5) is 0 Å². The summed E-state index contributed by atoms with van der Waals surface area (Å²) in [6, 6.07) is 10.2. The van der Waals surface area contributed by atoms with E-state index in [0.717, 1.165) is 0 Å². The zero-order valence-electron chi connectivity index (χ0n) is 24.8. The molecule has 36 heavy (non-hydrogen) atoms. The predicted octanol–water partition coefficient (Wildman–Crippen LogP) is 11.3. The molecule has 2 aliphatic rings. The maximum absolute atomic E-state index is 2.66. The van der Waals surface area contributed by atoms with Crippen molar-refractivity contribution in [3.63, 3.8) is 0 Å². The van der Waals surface area contributed by atoms with E-state index in [1.54, 1.807) is 0 Å². The van der Waals surface area contributed by atoms with E-state index in [4.69, 9.17) is 0 Å². The first-order chi connectivity index (χ1) is 17.7. The second-order valence-electron chi connectivity index (χ2n) is 12.3. The smallest absolute Gasteiger partial charge is 0.00540 e. The molecule has 1 aromatic carbocycles. The van der Waals surface area contributed by atoms with Gasteiger partial charge in [0.15, 0.2) is 0 Å². The summed E-state index contributed by atoms with van der Waals surface area (Å²) in [5.41, 5.74) is 0. The lowest BCUT2D eigenvalue weighted by Gasteiger charge is -2.41. The first-order valence-electron chi connectivity index (χ1n) is 16.3. The zero-order valence-corrected chi connectivity index (χ0v) is 26.5. The SMILES string of the molecule is CCCCCC1(CCCCC)CCCP1c1ccccc1P1CCCC1(CCCCC)CCCCC. The quantitative estimate of drug-likeness (QED) is 0.131. The lowest BCUT2D eigenvalue weighted by Crippen LogP contribution is -2.36. The van der Waals surface area contributed by atoms with Crippen LogP contribution in [-0.4, -0.2) is 22.6 Å². The van der Waals surface area contributed by atoms with E-state index in [9.17, 15) is 0 Å². The Balaban J connectivity index is 1.93. The third-order valence-electron chi connectivity index (χ3n) is 9.64. The first kappa shape index (κ1) is 30.6. The predicted molar refractivity (Wildman–Crippen MR) is 170 cm³/mol. The Morgan fingerprint density at radius 2 is 0.861 bits per heavy atom. The highest BCUT2D eigenvalue weighted by atomic mass is 31.1. The molecule has 0 saturated carbocycles. The molecule has 0 N–H and O–H groups in total. The van der Waals surface area contributed by atoms with Gasteiger partial charge in [-0.2, -0.15) is 0 Å². The summed E-state index contributed by atoms with van der Waals surface area (Å²) >= 11 is 0. The van der Waals surface area contributed by atoms with Crippen molar-refractivity contribution in [1.29, 1.82) is 0 Å². The molecule has 2 fully saturated rings. The van der Waals surface area contributed by atoms with Crippen molar-refractivity contribution >= 4 is 26.5 Å². The summed E-state index contributed by atoms with van der Waals surface area (Å²) in [6.45, 7) is 9.54. The van der Waals surface area contributed by atoms with Gasteiger partial charge >= 0.3 is 0 Å². The Morgan fingerprint density at radius 3 is 1.17 bits per heavy atom. The van der Waals surface area contributed by atoms with E-state index in [1.807, 2.05) is 10.6 Å². The summed E-state index contributed by atoms with van der Waals surface area (Å²) < 4.78 is 0. The van der Waals surface area contributed by atoms with Crippen LogP contribution in [0, 0.1) is 0 Å². The van der Waals surface area contributed by atoms with E-state index in [1.165, 1.54) is 141 Å². The summed E-state index contributed by atoms with van der Waals surface area (Å²) in [5.74, 6) is 0. The van der Waals surface area contributed by atoms with Crippen LogP contribution >= 0.6 is 15.8 Å². The number of hydrogen-bond acceptors (Lipinski definition) is 0. The van der Waals surface area contributed by atoms with Crippen LogP contribution < -0.4 is 10.6 Å².